The summed E-state index contributed by atoms with van der Waals surface area (Å²) in [5.41, 5.74) is 5.00. The van der Waals surface area contributed by atoms with Gasteiger partial charge in [-0.2, -0.15) is 0 Å². The average Bonchev–Trinajstić information content (AvgIpc) is 3.57. The fourth-order valence-corrected chi connectivity index (χ4v) is 7.23. The molecule has 0 aliphatic rings. The van der Waals surface area contributed by atoms with Crippen LogP contribution in [0.4, 0.5) is 0 Å². The first-order valence-electron chi connectivity index (χ1n) is 14.9. The van der Waals surface area contributed by atoms with Crippen molar-refractivity contribution in [1.82, 2.24) is 19.9 Å². The van der Waals surface area contributed by atoms with Gasteiger partial charge in [0.1, 0.15) is 5.01 Å². The van der Waals surface area contributed by atoms with Crippen molar-refractivity contribution in [3.8, 4) is 44.7 Å². The highest BCUT2D eigenvalue weighted by Crippen LogP contribution is 2.38. The van der Waals surface area contributed by atoms with Crippen LogP contribution in [0.1, 0.15) is 0 Å². The lowest BCUT2D eigenvalue weighted by molar-refractivity contribution is 1.08. The van der Waals surface area contributed by atoms with E-state index in [0.717, 1.165) is 59.0 Å². The third-order valence-electron chi connectivity index (χ3n) is 8.33. The molecule has 0 radical (unpaired) electrons. The van der Waals surface area contributed by atoms with Gasteiger partial charge in [-0.3, -0.25) is 0 Å². The highest BCUT2D eigenvalue weighted by Gasteiger charge is 2.17. The number of nitrogens with zero attached hydrogens (tertiary/aromatic N) is 4. The molecule has 7 aromatic carbocycles. The molecule has 45 heavy (non-hydrogen) atoms. The Morgan fingerprint density at radius 3 is 1.80 bits per heavy atom. The number of thiazole rings is 1. The second-order valence-corrected chi connectivity index (χ2v) is 12.1. The predicted octanol–water partition coefficient (Wildman–Crippen LogP) is 10.6. The van der Waals surface area contributed by atoms with Crippen LogP contribution in [0.3, 0.4) is 0 Å². The van der Waals surface area contributed by atoms with Crippen molar-refractivity contribution in [2.24, 2.45) is 0 Å². The van der Waals surface area contributed by atoms with E-state index in [1.807, 2.05) is 36.4 Å². The predicted molar refractivity (Wildman–Crippen MR) is 187 cm³/mol. The van der Waals surface area contributed by atoms with E-state index in [1.165, 1.54) is 10.8 Å². The van der Waals surface area contributed by atoms with Crippen LogP contribution in [0.15, 0.2) is 146 Å². The molecule has 4 nitrogen and oxygen atoms in total. The average molecular weight is 593 g/mol. The first kappa shape index (κ1) is 25.7. The molecule has 0 atom stereocenters. The van der Waals surface area contributed by atoms with E-state index in [4.69, 9.17) is 19.9 Å². The zero-order valence-electron chi connectivity index (χ0n) is 24.1. The molecule has 9 rings (SSSR count). The van der Waals surface area contributed by atoms with Crippen molar-refractivity contribution in [2.75, 3.05) is 0 Å². The molecule has 2 heterocycles. The van der Waals surface area contributed by atoms with Crippen molar-refractivity contribution in [3.05, 3.63) is 146 Å². The maximum Gasteiger partial charge on any atom is 0.164 e. The summed E-state index contributed by atoms with van der Waals surface area (Å²) in [6.45, 7) is 0. The maximum atomic E-state index is 5.16. The lowest BCUT2D eigenvalue weighted by Gasteiger charge is -2.12. The van der Waals surface area contributed by atoms with Gasteiger partial charge in [-0.05, 0) is 45.1 Å². The Morgan fingerprint density at radius 2 is 1.00 bits per heavy atom. The van der Waals surface area contributed by atoms with Crippen LogP contribution < -0.4 is 0 Å². The third kappa shape index (κ3) is 4.44. The molecule has 0 unspecified atom stereocenters. The van der Waals surface area contributed by atoms with E-state index in [1.54, 1.807) is 11.3 Å². The smallest absolute Gasteiger partial charge is 0.164 e. The van der Waals surface area contributed by atoms with Crippen molar-refractivity contribution < 1.29 is 0 Å². The second-order valence-electron chi connectivity index (χ2n) is 11.1. The largest absolute Gasteiger partial charge is 0.236 e. The van der Waals surface area contributed by atoms with Gasteiger partial charge in [0, 0.05) is 27.6 Å². The van der Waals surface area contributed by atoms with E-state index >= 15 is 0 Å². The lowest BCUT2D eigenvalue weighted by atomic mass is 9.97. The number of hydrogen-bond donors (Lipinski definition) is 0. The van der Waals surface area contributed by atoms with Gasteiger partial charge in [-0.25, -0.2) is 19.9 Å². The van der Waals surface area contributed by atoms with Crippen molar-refractivity contribution in [2.45, 2.75) is 0 Å². The van der Waals surface area contributed by atoms with E-state index in [9.17, 15) is 0 Å². The second kappa shape index (κ2) is 10.4. The minimum atomic E-state index is 0.641. The Morgan fingerprint density at radius 1 is 0.378 bits per heavy atom. The molecule has 5 heteroatoms. The Bertz CT molecular complexity index is 2540. The Kier molecular flexibility index (Phi) is 5.96. The topological polar surface area (TPSA) is 51.6 Å². The summed E-state index contributed by atoms with van der Waals surface area (Å²) in [5.74, 6) is 1.95. The summed E-state index contributed by atoms with van der Waals surface area (Å²) in [6, 6.07) is 50.4. The standard InChI is InChI=1S/C40H24N4S/c1-3-11-26(12-4-1)37-42-38(44-39(43-37)34-23-28-15-7-8-16-30(28)31-17-9-10-18-32(31)34)29-20-19-25-21-22-35-36(33(25)24-29)45-40(41-35)27-13-5-2-6-14-27/h1-24H. The molecule has 0 saturated carbocycles. The molecule has 0 aliphatic heterocycles. The Balaban J connectivity index is 1.28. The molecule has 0 saturated heterocycles. The van der Waals surface area contributed by atoms with Gasteiger partial charge < -0.3 is 0 Å². The Hall–Kier alpha value is -5.78. The summed E-state index contributed by atoms with van der Waals surface area (Å²) in [5, 5.41) is 7.98. The van der Waals surface area contributed by atoms with Crippen molar-refractivity contribution >= 4 is 53.9 Å². The zero-order chi connectivity index (χ0) is 29.7. The van der Waals surface area contributed by atoms with Crippen molar-refractivity contribution in [3.63, 3.8) is 0 Å². The molecule has 210 valence electrons. The quantitative estimate of drug-likeness (QED) is 0.191. The fourth-order valence-electron chi connectivity index (χ4n) is 6.13. The van der Waals surface area contributed by atoms with Crippen LogP contribution >= 0.6 is 11.3 Å². The molecule has 0 bridgehead atoms. The molecule has 2 aromatic heterocycles. The third-order valence-corrected chi connectivity index (χ3v) is 9.48. The normalized spacial score (nSPS) is 11.6. The number of hydrogen-bond acceptors (Lipinski definition) is 5. The zero-order valence-corrected chi connectivity index (χ0v) is 24.9. The van der Waals surface area contributed by atoms with Crippen LogP contribution in [0.5, 0.6) is 0 Å². The monoisotopic (exact) mass is 592 g/mol. The summed E-state index contributed by atoms with van der Waals surface area (Å²) >= 11 is 1.72. The van der Waals surface area contributed by atoms with E-state index in [2.05, 4.69) is 109 Å². The molecule has 0 spiro atoms. The minimum absolute atomic E-state index is 0.641. The van der Waals surface area contributed by atoms with Crippen LogP contribution in [0, 0.1) is 0 Å². The van der Waals surface area contributed by atoms with Gasteiger partial charge >= 0.3 is 0 Å². The van der Waals surface area contributed by atoms with Crippen molar-refractivity contribution in [1.29, 1.82) is 0 Å². The summed E-state index contributed by atoms with van der Waals surface area (Å²) in [4.78, 5) is 20.3. The number of benzene rings is 7. The van der Waals surface area contributed by atoms with Crippen LogP contribution in [-0.4, -0.2) is 19.9 Å². The van der Waals surface area contributed by atoms with Gasteiger partial charge in [-0.15, -0.1) is 11.3 Å². The van der Waals surface area contributed by atoms with Gasteiger partial charge in [0.25, 0.3) is 0 Å². The first-order chi connectivity index (χ1) is 22.3. The molecule has 0 fully saturated rings. The van der Waals surface area contributed by atoms with Gasteiger partial charge in [0.15, 0.2) is 17.5 Å². The maximum absolute atomic E-state index is 5.16. The van der Waals surface area contributed by atoms with E-state index < -0.39 is 0 Å². The van der Waals surface area contributed by atoms with Gasteiger partial charge in [0.05, 0.1) is 10.2 Å². The minimum Gasteiger partial charge on any atom is -0.236 e. The summed E-state index contributed by atoms with van der Waals surface area (Å²) in [7, 11) is 0. The van der Waals surface area contributed by atoms with Crippen LogP contribution in [-0.2, 0) is 0 Å². The molecular weight excluding hydrogens is 569 g/mol. The molecule has 9 aromatic rings. The highest BCUT2D eigenvalue weighted by molar-refractivity contribution is 7.22. The fraction of sp³-hybridized carbons (Fsp3) is 0. The molecule has 0 amide bonds. The molecular formula is C40H24N4S. The summed E-state index contributed by atoms with van der Waals surface area (Å²) in [6.07, 6.45) is 0. The number of rotatable bonds is 4. The highest BCUT2D eigenvalue weighted by atomic mass is 32.1. The van der Waals surface area contributed by atoms with Gasteiger partial charge in [0.2, 0.25) is 0 Å². The molecule has 0 aliphatic carbocycles. The van der Waals surface area contributed by atoms with E-state index in [0.29, 0.717) is 17.5 Å². The SMILES string of the molecule is c1ccc(-c2nc(-c3ccc4ccc5nc(-c6ccccc6)sc5c4c3)nc(-c3cc4ccccc4c4ccccc34)n2)cc1. The van der Waals surface area contributed by atoms with E-state index in [-0.39, 0.29) is 0 Å². The number of aromatic nitrogens is 4. The van der Waals surface area contributed by atoms with Crippen LogP contribution in [0.25, 0.3) is 87.3 Å². The Labute approximate surface area is 263 Å². The first-order valence-corrected chi connectivity index (χ1v) is 15.7. The molecule has 0 N–H and O–H groups in total. The number of fused-ring (bicyclic) bond motifs is 6. The van der Waals surface area contributed by atoms with Crippen LogP contribution in [0.2, 0.25) is 0 Å². The lowest BCUT2D eigenvalue weighted by Crippen LogP contribution is -2.00. The summed E-state index contributed by atoms with van der Waals surface area (Å²) < 4.78 is 1.16. The van der Waals surface area contributed by atoms with Gasteiger partial charge in [-0.1, -0.05) is 127 Å².